The highest BCUT2D eigenvalue weighted by Gasteiger charge is 2.38. The van der Waals surface area contributed by atoms with E-state index in [-0.39, 0.29) is 6.04 Å². The molecule has 1 atom stereocenters. The monoisotopic (exact) mass is 658 g/mol. The van der Waals surface area contributed by atoms with Gasteiger partial charge in [0.15, 0.2) is 0 Å². The van der Waals surface area contributed by atoms with E-state index in [4.69, 9.17) is 4.42 Å². The normalized spacial score (nSPS) is 15.3. The highest BCUT2D eigenvalue weighted by molar-refractivity contribution is 7.26. The third kappa shape index (κ3) is 4.03. The summed E-state index contributed by atoms with van der Waals surface area (Å²) in [6.07, 6.45) is 7.81. The predicted octanol–water partition coefficient (Wildman–Crippen LogP) is 13.4. The number of rotatable bonds is 4. The minimum atomic E-state index is 0.235. The van der Waals surface area contributed by atoms with E-state index in [9.17, 15) is 0 Å². The number of para-hydroxylation sites is 2. The fourth-order valence-corrected chi connectivity index (χ4v) is 9.51. The van der Waals surface area contributed by atoms with Gasteiger partial charge in [-0.15, -0.1) is 11.3 Å². The van der Waals surface area contributed by atoms with E-state index < -0.39 is 0 Å². The first-order valence-corrected chi connectivity index (χ1v) is 18.0. The first-order valence-electron chi connectivity index (χ1n) is 17.2. The van der Waals surface area contributed by atoms with Gasteiger partial charge in [0.25, 0.3) is 0 Å². The highest BCUT2D eigenvalue weighted by atomic mass is 32.1. The lowest BCUT2D eigenvalue weighted by atomic mass is 9.94. The third-order valence-corrected chi connectivity index (χ3v) is 11.6. The Kier molecular flexibility index (Phi) is 5.95. The molecule has 0 amide bonds. The lowest BCUT2D eigenvalue weighted by Gasteiger charge is -2.28. The van der Waals surface area contributed by atoms with Gasteiger partial charge in [-0.25, -0.2) is 0 Å². The Labute approximate surface area is 293 Å². The van der Waals surface area contributed by atoms with Crippen LogP contribution in [0.25, 0.3) is 58.5 Å². The highest BCUT2D eigenvalue weighted by Crippen LogP contribution is 2.54. The molecular weight excluding hydrogens is 629 g/mol. The molecule has 0 saturated heterocycles. The van der Waals surface area contributed by atoms with Gasteiger partial charge in [-0.2, -0.15) is 0 Å². The molecule has 3 nitrogen and oxygen atoms in total. The summed E-state index contributed by atoms with van der Waals surface area (Å²) >= 11 is 1.88. The minimum absolute atomic E-state index is 0.235. The van der Waals surface area contributed by atoms with Crippen LogP contribution in [0, 0.1) is 0 Å². The van der Waals surface area contributed by atoms with Gasteiger partial charge < -0.3 is 14.2 Å². The summed E-state index contributed by atoms with van der Waals surface area (Å²) in [6.45, 7) is 0. The van der Waals surface area contributed by atoms with Gasteiger partial charge in [0.2, 0.25) is 0 Å². The Bertz CT molecular complexity index is 2880. The third-order valence-electron chi connectivity index (χ3n) is 10.5. The molecule has 0 spiro atoms. The second-order valence-corrected chi connectivity index (χ2v) is 14.3. The Balaban J connectivity index is 1.18. The largest absolute Gasteiger partial charge is 0.456 e. The molecule has 0 radical (unpaired) electrons. The number of allylic oxidation sites excluding steroid dienone is 2. The molecule has 2 aliphatic rings. The summed E-state index contributed by atoms with van der Waals surface area (Å²) in [5.41, 5.74) is 10.3. The quantitative estimate of drug-likeness (QED) is 0.188. The van der Waals surface area contributed by atoms with Crippen molar-refractivity contribution in [3.8, 4) is 0 Å². The molecule has 0 saturated carbocycles. The molecule has 0 N–H and O–H groups in total. The molecule has 2 aromatic heterocycles. The maximum Gasteiger partial charge on any atom is 0.135 e. The van der Waals surface area contributed by atoms with Gasteiger partial charge >= 0.3 is 0 Å². The topological polar surface area (TPSA) is 19.6 Å². The molecule has 11 rings (SSSR count). The molecule has 7 aromatic carbocycles. The lowest BCUT2D eigenvalue weighted by Crippen LogP contribution is -2.26. The fraction of sp³-hybridized carbons (Fsp3) is 0.0435. The standard InChI is InChI=1S/C46H30N2OS/c1-2-12-30(13-3-1)48-38-17-8-6-16-35(38)46-39(18-10-19-40(46)48)47(31-23-25-42-37(27-31)34-15-7-9-20-41(34)49-42)32-22-24-36-44(28-32)50-43-26-21-29-11-4-5-14-33(29)45(36)43/h1-16,18-28,38H,17H2. The zero-order valence-electron chi connectivity index (χ0n) is 27.1. The first-order chi connectivity index (χ1) is 24.8. The molecule has 236 valence electrons. The Morgan fingerprint density at radius 3 is 2.36 bits per heavy atom. The zero-order valence-corrected chi connectivity index (χ0v) is 27.9. The summed E-state index contributed by atoms with van der Waals surface area (Å²) in [5.74, 6) is 0. The Morgan fingerprint density at radius 2 is 1.42 bits per heavy atom. The van der Waals surface area contributed by atoms with E-state index in [1.807, 2.05) is 17.4 Å². The number of furan rings is 1. The van der Waals surface area contributed by atoms with E-state index in [0.717, 1.165) is 39.7 Å². The maximum absolute atomic E-state index is 6.29. The summed E-state index contributed by atoms with van der Waals surface area (Å²) in [7, 11) is 0. The van der Waals surface area contributed by atoms with Gasteiger partial charge in [0, 0.05) is 53.6 Å². The molecule has 1 aliphatic heterocycles. The Morgan fingerprint density at radius 1 is 0.620 bits per heavy atom. The van der Waals surface area contributed by atoms with Gasteiger partial charge in [0.05, 0.1) is 17.4 Å². The average molecular weight is 659 g/mol. The van der Waals surface area contributed by atoms with Crippen molar-refractivity contribution in [2.45, 2.75) is 12.5 Å². The van der Waals surface area contributed by atoms with Crippen molar-refractivity contribution in [2.24, 2.45) is 0 Å². The number of benzene rings is 7. The molecule has 50 heavy (non-hydrogen) atoms. The number of anilines is 5. The second kappa shape index (κ2) is 10.7. The van der Waals surface area contributed by atoms with E-state index >= 15 is 0 Å². The van der Waals surface area contributed by atoms with Gasteiger partial charge in [-0.3, -0.25) is 0 Å². The van der Waals surface area contributed by atoms with Crippen molar-refractivity contribution in [1.29, 1.82) is 0 Å². The van der Waals surface area contributed by atoms with Crippen molar-refractivity contribution < 1.29 is 4.42 Å². The van der Waals surface area contributed by atoms with Crippen LogP contribution in [-0.2, 0) is 0 Å². The fourth-order valence-electron chi connectivity index (χ4n) is 8.35. The molecule has 3 heterocycles. The number of hydrogen-bond acceptors (Lipinski definition) is 4. The van der Waals surface area contributed by atoms with Crippen LogP contribution in [0.5, 0.6) is 0 Å². The van der Waals surface area contributed by atoms with Crippen LogP contribution < -0.4 is 9.80 Å². The minimum Gasteiger partial charge on any atom is -0.456 e. The van der Waals surface area contributed by atoms with Crippen LogP contribution in [0.1, 0.15) is 12.0 Å². The van der Waals surface area contributed by atoms with Crippen LogP contribution in [-0.4, -0.2) is 6.04 Å². The average Bonchev–Trinajstić information content (AvgIpc) is 3.85. The van der Waals surface area contributed by atoms with E-state index in [1.165, 1.54) is 59.1 Å². The van der Waals surface area contributed by atoms with Crippen molar-refractivity contribution in [1.82, 2.24) is 0 Å². The number of fused-ring (bicyclic) bond motifs is 11. The smallest absolute Gasteiger partial charge is 0.135 e. The molecule has 0 bridgehead atoms. The summed E-state index contributed by atoms with van der Waals surface area (Å²) < 4.78 is 8.89. The molecular formula is C46H30N2OS. The SMILES string of the molecule is C1=CCC2C(=C1)c1c(N(c3ccc4c(c3)sc3ccc5ccccc5c34)c3ccc4oc5ccccc5c4c3)cccc1N2c1ccccc1. The Hall–Kier alpha value is -6.10. The molecule has 1 unspecified atom stereocenters. The summed E-state index contributed by atoms with van der Waals surface area (Å²) in [4.78, 5) is 4.99. The van der Waals surface area contributed by atoms with Crippen molar-refractivity contribution >= 4 is 98.2 Å². The van der Waals surface area contributed by atoms with E-state index in [2.05, 4.69) is 168 Å². The van der Waals surface area contributed by atoms with E-state index in [0.29, 0.717) is 0 Å². The van der Waals surface area contributed by atoms with Crippen LogP contribution in [0.3, 0.4) is 0 Å². The molecule has 0 fully saturated rings. The van der Waals surface area contributed by atoms with Crippen molar-refractivity contribution in [2.75, 3.05) is 9.80 Å². The molecule has 1 aliphatic carbocycles. The molecule has 9 aromatic rings. The van der Waals surface area contributed by atoms with Crippen molar-refractivity contribution in [3.05, 3.63) is 169 Å². The number of hydrogen-bond donors (Lipinski definition) is 0. The van der Waals surface area contributed by atoms with Gasteiger partial charge in [-0.1, -0.05) is 97.1 Å². The summed E-state index contributed by atoms with van der Waals surface area (Å²) in [6, 6.07) is 53.2. The van der Waals surface area contributed by atoms with Gasteiger partial charge in [0.1, 0.15) is 11.2 Å². The van der Waals surface area contributed by atoms with E-state index in [1.54, 1.807) is 0 Å². The second-order valence-electron chi connectivity index (χ2n) is 13.2. The first kappa shape index (κ1) is 27.8. The lowest BCUT2D eigenvalue weighted by molar-refractivity contribution is 0.669. The van der Waals surface area contributed by atoms with Crippen LogP contribution in [0.15, 0.2) is 168 Å². The van der Waals surface area contributed by atoms with Gasteiger partial charge in [-0.05, 0) is 89.5 Å². The zero-order chi connectivity index (χ0) is 32.8. The molecule has 4 heteroatoms. The number of nitrogens with zero attached hydrogens (tertiary/aromatic N) is 2. The summed E-state index contributed by atoms with van der Waals surface area (Å²) in [5, 5.41) is 7.48. The van der Waals surface area contributed by atoms with Crippen LogP contribution in [0.4, 0.5) is 28.4 Å². The van der Waals surface area contributed by atoms with Crippen molar-refractivity contribution in [3.63, 3.8) is 0 Å². The predicted molar refractivity (Wildman–Crippen MR) is 213 cm³/mol. The maximum atomic E-state index is 6.29. The number of thiophene rings is 1. The van der Waals surface area contributed by atoms with Crippen LogP contribution in [0.2, 0.25) is 0 Å². The van der Waals surface area contributed by atoms with Crippen LogP contribution >= 0.6 is 11.3 Å².